The SMILES string of the molecule is CNc1ncnc(NCC2CCC(C)C2)c1OC. The maximum Gasteiger partial charge on any atom is 0.204 e. The summed E-state index contributed by atoms with van der Waals surface area (Å²) in [5.41, 5.74) is 0. The van der Waals surface area contributed by atoms with Crippen molar-refractivity contribution < 1.29 is 4.74 Å². The summed E-state index contributed by atoms with van der Waals surface area (Å²) in [5, 5.41) is 6.39. The molecule has 0 spiro atoms. The van der Waals surface area contributed by atoms with Crippen LogP contribution in [0.1, 0.15) is 26.2 Å². The molecule has 1 aromatic rings. The van der Waals surface area contributed by atoms with Gasteiger partial charge in [0.25, 0.3) is 0 Å². The van der Waals surface area contributed by atoms with Gasteiger partial charge in [0, 0.05) is 13.6 Å². The van der Waals surface area contributed by atoms with Gasteiger partial charge in [-0.3, -0.25) is 0 Å². The Hall–Kier alpha value is -1.52. The highest BCUT2D eigenvalue weighted by Crippen LogP contribution is 2.32. The van der Waals surface area contributed by atoms with Crippen LogP contribution in [-0.2, 0) is 0 Å². The van der Waals surface area contributed by atoms with Gasteiger partial charge in [0.05, 0.1) is 7.11 Å². The molecule has 18 heavy (non-hydrogen) atoms. The first-order valence-electron chi connectivity index (χ1n) is 6.55. The Bertz CT molecular complexity index is 397. The second-order valence-corrected chi connectivity index (χ2v) is 5.02. The third-order valence-electron chi connectivity index (χ3n) is 3.61. The molecule has 1 heterocycles. The van der Waals surface area contributed by atoms with Crippen molar-refractivity contribution in [3.8, 4) is 5.75 Å². The molecule has 0 aromatic carbocycles. The van der Waals surface area contributed by atoms with Crippen LogP contribution in [0.15, 0.2) is 6.33 Å². The van der Waals surface area contributed by atoms with Gasteiger partial charge in [-0.05, 0) is 24.7 Å². The molecule has 100 valence electrons. The average molecular weight is 250 g/mol. The smallest absolute Gasteiger partial charge is 0.204 e. The number of aromatic nitrogens is 2. The number of ether oxygens (including phenoxy) is 1. The highest BCUT2D eigenvalue weighted by atomic mass is 16.5. The second-order valence-electron chi connectivity index (χ2n) is 5.02. The molecular formula is C13H22N4O. The van der Waals surface area contributed by atoms with E-state index in [0.717, 1.165) is 30.0 Å². The predicted molar refractivity (Wildman–Crippen MR) is 73.1 cm³/mol. The molecule has 1 aliphatic carbocycles. The fourth-order valence-corrected chi connectivity index (χ4v) is 2.62. The largest absolute Gasteiger partial charge is 0.490 e. The van der Waals surface area contributed by atoms with Crippen molar-refractivity contribution in [3.05, 3.63) is 6.33 Å². The van der Waals surface area contributed by atoms with E-state index in [0.29, 0.717) is 5.75 Å². The van der Waals surface area contributed by atoms with E-state index < -0.39 is 0 Å². The zero-order valence-electron chi connectivity index (χ0n) is 11.4. The molecule has 2 atom stereocenters. The number of hydrogen-bond acceptors (Lipinski definition) is 5. The highest BCUT2D eigenvalue weighted by Gasteiger charge is 2.21. The van der Waals surface area contributed by atoms with E-state index in [-0.39, 0.29) is 0 Å². The van der Waals surface area contributed by atoms with Crippen LogP contribution in [0.3, 0.4) is 0 Å². The molecule has 0 radical (unpaired) electrons. The molecule has 0 aliphatic heterocycles. The fourth-order valence-electron chi connectivity index (χ4n) is 2.62. The Morgan fingerprint density at radius 3 is 2.72 bits per heavy atom. The van der Waals surface area contributed by atoms with Crippen molar-refractivity contribution in [3.63, 3.8) is 0 Å². The molecule has 2 rings (SSSR count). The van der Waals surface area contributed by atoms with E-state index in [4.69, 9.17) is 4.74 Å². The molecule has 2 unspecified atom stereocenters. The molecule has 0 bridgehead atoms. The summed E-state index contributed by atoms with van der Waals surface area (Å²) in [4.78, 5) is 8.38. The first-order valence-corrected chi connectivity index (χ1v) is 6.55. The van der Waals surface area contributed by atoms with E-state index in [1.54, 1.807) is 13.4 Å². The number of nitrogens with zero attached hydrogens (tertiary/aromatic N) is 2. The van der Waals surface area contributed by atoms with E-state index in [2.05, 4.69) is 27.5 Å². The van der Waals surface area contributed by atoms with Crippen LogP contribution >= 0.6 is 0 Å². The van der Waals surface area contributed by atoms with Crippen molar-refractivity contribution in [1.82, 2.24) is 9.97 Å². The maximum absolute atomic E-state index is 5.35. The van der Waals surface area contributed by atoms with E-state index >= 15 is 0 Å². The van der Waals surface area contributed by atoms with Crippen LogP contribution in [0.4, 0.5) is 11.6 Å². The lowest BCUT2D eigenvalue weighted by Crippen LogP contribution is -2.14. The first-order chi connectivity index (χ1) is 8.74. The molecule has 0 amide bonds. The Kier molecular flexibility index (Phi) is 4.23. The lowest BCUT2D eigenvalue weighted by molar-refractivity contribution is 0.414. The minimum absolute atomic E-state index is 0.686. The molecule has 2 N–H and O–H groups in total. The van der Waals surface area contributed by atoms with Gasteiger partial charge in [-0.1, -0.05) is 13.3 Å². The number of anilines is 2. The lowest BCUT2D eigenvalue weighted by atomic mass is 10.1. The van der Waals surface area contributed by atoms with Crippen molar-refractivity contribution in [2.75, 3.05) is 31.3 Å². The monoisotopic (exact) mass is 250 g/mol. The van der Waals surface area contributed by atoms with Crippen LogP contribution in [0.25, 0.3) is 0 Å². The normalized spacial score (nSPS) is 22.8. The van der Waals surface area contributed by atoms with Crippen LogP contribution in [0, 0.1) is 11.8 Å². The Balaban J connectivity index is 2.00. The van der Waals surface area contributed by atoms with Crippen LogP contribution in [0.2, 0.25) is 0 Å². The van der Waals surface area contributed by atoms with E-state index in [1.165, 1.54) is 19.3 Å². The molecule has 1 saturated carbocycles. The van der Waals surface area contributed by atoms with Crippen molar-refractivity contribution >= 4 is 11.6 Å². The van der Waals surface area contributed by atoms with Crippen LogP contribution in [0.5, 0.6) is 5.75 Å². The molecule has 1 aromatic heterocycles. The highest BCUT2D eigenvalue weighted by molar-refractivity contribution is 5.63. The quantitative estimate of drug-likeness (QED) is 0.840. The topological polar surface area (TPSA) is 59.1 Å². The van der Waals surface area contributed by atoms with Gasteiger partial charge in [0.15, 0.2) is 11.6 Å². The number of methoxy groups -OCH3 is 1. The van der Waals surface area contributed by atoms with Crippen molar-refractivity contribution in [1.29, 1.82) is 0 Å². The minimum Gasteiger partial charge on any atom is -0.490 e. The van der Waals surface area contributed by atoms with E-state index in [9.17, 15) is 0 Å². The second kappa shape index (κ2) is 5.89. The fraction of sp³-hybridized carbons (Fsp3) is 0.692. The molecule has 1 fully saturated rings. The van der Waals surface area contributed by atoms with Crippen LogP contribution in [-0.4, -0.2) is 30.7 Å². The zero-order valence-corrected chi connectivity index (χ0v) is 11.4. The first kappa shape index (κ1) is 12.9. The summed E-state index contributed by atoms with van der Waals surface area (Å²) in [7, 11) is 3.47. The number of hydrogen-bond donors (Lipinski definition) is 2. The summed E-state index contributed by atoms with van der Waals surface area (Å²) in [5.74, 6) is 3.78. The van der Waals surface area contributed by atoms with Gasteiger partial charge < -0.3 is 15.4 Å². The lowest BCUT2D eigenvalue weighted by Gasteiger charge is -2.15. The summed E-state index contributed by atoms with van der Waals surface area (Å²) in [6, 6.07) is 0. The summed E-state index contributed by atoms with van der Waals surface area (Å²) >= 11 is 0. The van der Waals surface area contributed by atoms with Crippen LogP contribution < -0.4 is 15.4 Å². The summed E-state index contributed by atoms with van der Waals surface area (Å²) in [6.45, 7) is 3.28. The van der Waals surface area contributed by atoms with Gasteiger partial charge in [0.1, 0.15) is 6.33 Å². The maximum atomic E-state index is 5.35. The standard InChI is InChI=1S/C13H22N4O/c1-9-4-5-10(6-9)7-15-13-11(18-3)12(14-2)16-8-17-13/h8-10H,4-7H2,1-3H3,(H2,14,15,16,17). The molecule has 5 heteroatoms. The van der Waals surface area contributed by atoms with Gasteiger partial charge in [0.2, 0.25) is 5.75 Å². The van der Waals surface area contributed by atoms with Gasteiger partial charge in [-0.15, -0.1) is 0 Å². The Labute approximate surface area is 108 Å². The molecule has 5 nitrogen and oxygen atoms in total. The van der Waals surface area contributed by atoms with Crippen molar-refractivity contribution in [2.45, 2.75) is 26.2 Å². The zero-order chi connectivity index (χ0) is 13.0. The van der Waals surface area contributed by atoms with Crippen molar-refractivity contribution in [2.24, 2.45) is 11.8 Å². The van der Waals surface area contributed by atoms with Gasteiger partial charge in [-0.2, -0.15) is 0 Å². The molecule has 0 saturated heterocycles. The predicted octanol–water partition coefficient (Wildman–Crippen LogP) is 2.38. The molecular weight excluding hydrogens is 228 g/mol. The summed E-state index contributed by atoms with van der Waals surface area (Å²) < 4.78 is 5.35. The number of rotatable bonds is 5. The Morgan fingerprint density at radius 2 is 2.11 bits per heavy atom. The summed E-state index contributed by atoms with van der Waals surface area (Å²) in [6.07, 6.45) is 5.50. The third kappa shape index (κ3) is 2.83. The van der Waals surface area contributed by atoms with E-state index in [1.807, 2.05) is 7.05 Å². The minimum atomic E-state index is 0.686. The molecule has 1 aliphatic rings. The number of nitrogens with one attached hydrogen (secondary N) is 2. The Morgan fingerprint density at radius 1 is 1.33 bits per heavy atom. The van der Waals surface area contributed by atoms with Gasteiger partial charge in [-0.25, -0.2) is 9.97 Å². The average Bonchev–Trinajstić information content (AvgIpc) is 2.81. The van der Waals surface area contributed by atoms with Gasteiger partial charge >= 0.3 is 0 Å². The third-order valence-corrected chi connectivity index (χ3v) is 3.61.